The first-order chi connectivity index (χ1) is 8.83. The molecule has 3 nitrogen and oxygen atoms in total. The maximum atomic E-state index is 10.8. The molecule has 0 aliphatic carbocycles. The van der Waals surface area contributed by atoms with Crippen LogP contribution in [0.3, 0.4) is 0 Å². The van der Waals surface area contributed by atoms with Gasteiger partial charge >= 0.3 is 0 Å². The molecule has 2 rings (SSSR count). The summed E-state index contributed by atoms with van der Waals surface area (Å²) in [4.78, 5) is 4.32. The Hall–Kier alpha value is -1.84. The molecule has 2 aromatic carbocycles. The van der Waals surface area contributed by atoms with Crippen LogP contribution in [0.4, 0.5) is 0 Å². The lowest BCUT2D eigenvalue weighted by Crippen LogP contribution is -2.04. The van der Waals surface area contributed by atoms with Crippen molar-refractivity contribution in [1.29, 1.82) is 0 Å². The van der Waals surface area contributed by atoms with Crippen LogP contribution in [0.15, 0.2) is 54.6 Å². The predicted octanol–water partition coefficient (Wildman–Crippen LogP) is 3.34. The van der Waals surface area contributed by atoms with E-state index in [4.69, 9.17) is 4.74 Å². The zero-order valence-corrected chi connectivity index (χ0v) is 10.2. The summed E-state index contributed by atoms with van der Waals surface area (Å²) in [5.74, 6) is 0.804. The third kappa shape index (κ3) is 3.09. The highest BCUT2D eigenvalue weighted by molar-refractivity contribution is 5.29. The quantitative estimate of drug-likeness (QED) is 0.596. The standard InChI is InChI=1S/C15H15O3/c1-17-14-9-7-12(8-10-14)11-15(18-16)13-5-3-2-4-6-13/h2-10,15H,11H2,1H3. The van der Waals surface area contributed by atoms with Crippen molar-refractivity contribution in [3.8, 4) is 5.75 Å². The van der Waals surface area contributed by atoms with Crippen molar-refractivity contribution in [2.75, 3.05) is 7.11 Å². The Morgan fingerprint density at radius 1 is 1.00 bits per heavy atom. The largest absolute Gasteiger partial charge is 0.497 e. The number of benzene rings is 2. The van der Waals surface area contributed by atoms with E-state index >= 15 is 0 Å². The fourth-order valence-corrected chi connectivity index (χ4v) is 1.85. The number of rotatable bonds is 5. The van der Waals surface area contributed by atoms with Crippen LogP contribution in [0, 0.1) is 0 Å². The van der Waals surface area contributed by atoms with E-state index in [-0.39, 0.29) is 0 Å². The van der Waals surface area contributed by atoms with Crippen LogP contribution < -0.4 is 4.74 Å². The number of ether oxygens (including phenoxy) is 1. The predicted molar refractivity (Wildman–Crippen MR) is 67.7 cm³/mol. The van der Waals surface area contributed by atoms with E-state index in [0.29, 0.717) is 6.42 Å². The fourth-order valence-electron chi connectivity index (χ4n) is 1.85. The molecular weight excluding hydrogens is 228 g/mol. The zero-order chi connectivity index (χ0) is 12.8. The summed E-state index contributed by atoms with van der Waals surface area (Å²) in [6, 6.07) is 17.1. The zero-order valence-electron chi connectivity index (χ0n) is 10.2. The molecule has 0 saturated carbocycles. The second-order valence-electron chi connectivity index (χ2n) is 4.05. The third-order valence-electron chi connectivity index (χ3n) is 2.87. The molecular formula is C15H15O3. The van der Waals surface area contributed by atoms with Crippen molar-refractivity contribution in [3.05, 3.63) is 65.7 Å². The van der Waals surface area contributed by atoms with E-state index in [1.165, 1.54) is 0 Å². The molecule has 3 heteroatoms. The van der Waals surface area contributed by atoms with Gasteiger partial charge in [0.15, 0.2) is 0 Å². The minimum Gasteiger partial charge on any atom is -0.497 e. The average Bonchev–Trinajstić information content (AvgIpc) is 2.46. The Morgan fingerprint density at radius 2 is 1.67 bits per heavy atom. The maximum absolute atomic E-state index is 10.8. The minimum absolute atomic E-state index is 0.459. The van der Waals surface area contributed by atoms with Gasteiger partial charge in [-0.2, -0.15) is 4.89 Å². The summed E-state index contributed by atoms with van der Waals surface area (Å²) >= 11 is 0. The highest BCUT2D eigenvalue weighted by atomic mass is 17.1. The average molecular weight is 243 g/mol. The molecule has 0 amide bonds. The highest BCUT2D eigenvalue weighted by Gasteiger charge is 2.13. The summed E-state index contributed by atoms with van der Waals surface area (Å²) in [5, 5.41) is 10.8. The lowest BCUT2D eigenvalue weighted by Gasteiger charge is -2.12. The molecule has 0 spiro atoms. The molecule has 0 bridgehead atoms. The Kier molecular flexibility index (Phi) is 4.34. The van der Waals surface area contributed by atoms with Crippen LogP contribution in [-0.2, 0) is 16.6 Å². The summed E-state index contributed by atoms with van der Waals surface area (Å²) in [6.45, 7) is 0. The molecule has 1 radical (unpaired) electrons. The van der Waals surface area contributed by atoms with Crippen molar-refractivity contribution in [2.45, 2.75) is 12.5 Å². The smallest absolute Gasteiger partial charge is 0.125 e. The molecule has 0 N–H and O–H groups in total. The first-order valence-corrected chi connectivity index (χ1v) is 5.80. The van der Waals surface area contributed by atoms with Gasteiger partial charge in [0.05, 0.1) is 7.11 Å². The van der Waals surface area contributed by atoms with Gasteiger partial charge < -0.3 is 4.74 Å². The minimum atomic E-state index is -0.459. The summed E-state index contributed by atoms with van der Waals surface area (Å²) in [7, 11) is 1.63. The Bertz CT molecular complexity index is 465. The van der Waals surface area contributed by atoms with Gasteiger partial charge in [0.25, 0.3) is 0 Å². The molecule has 1 atom stereocenters. The van der Waals surface area contributed by atoms with Gasteiger partial charge in [0.2, 0.25) is 0 Å². The summed E-state index contributed by atoms with van der Waals surface area (Å²) < 4.78 is 5.09. The highest BCUT2D eigenvalue weighted by Crippen LogP contribution is 2.22. The number of methoxy groups -OCH3 is 1. The molecule has 0 saturated heterocycles. The molecule has 2 aromatic rings. The van der Waals surface area contributed by atoms with Gasteiger partial charge in [0, 0.05) is 6.42 Å². The molecule has 0 aliphatic heterocycles. The van der Waals surface area contributed by atoms with E-state index in [1.807, 2.05) is 54.6 Å². The Labute approximate surface area is 107 Å². The van der Waals surface area contributed by atoms with Crippen molar-refractivity contribution in [1.82, 2.24) is 0 Å². The normalized spacial score (nSPS) is 12.1. The molecule has 0 aliphatic rings. The maximum Gasteiger partial charge on any atom is 0.125 e. The Morgan fingerprint density at radius 3 is 2.22 bits per heavy atom. The van der Waals surface area contributed by atoms with Crippen LogP contribution in [-0.4, -0.2) is 7.11 Å². The van der Waals surface area contributed by atoms with Gasteiger partial charge in [0.1, 0.15) is 11.9 Å². The summed E-state index contributed by atoms with van der Waals surface area (Å²) in [5.41, 5.74) is 1.93. The molecule has 0 fully saturated rings. The van der Waals surface area contributed by atoms with Crippen LogP contribution >= 0.6 is 0 Å². The van der Waals surface area contributed by atoms with Crippen molar-refractivity contribution in [2.24, 2.45) is 0 Å². The first kappa shape index (κ1) is 12.6. The van der Waals surface area contributed by atoms with E-state index < -0.39 is 6.10 Å². The number of hydrogen-bond donors (Lipinski definition) is 0. The van der Waals surface area contributed by atoms with Gasteiger partial charge in [-0.1, -0.05) is 42.5 Å². The van der Waals surface area contributed by atoms with Crippen molar-refractivity contribution in [3.63, 3.8) is 0 Å². The molecule has 0 heterocycles. The van der Waals surface area contributed by atoms with E-state index in [1.54, 1.807) is 7.11 Å². The second kappa shape index (κ2) is 6.19. The fraction of sp³-hybridized carbons (Fsp3) is 0.200. The molecule has 18 heavy (non-hydrogen) atoms. The van der Waals surface area contributed by atoms with Gasteiger partial charge in [-0.15, -0.1) is 0 Å². The monoisotopic (exact) mass is 243 g/mol. The van der Waals surface area contributed by atoms with E-state index in [9.17, 15) is 5.26 Å². The lowest BCUT2D eigenvalue weighted by molar-refractivity contribution is -0.338. The second-order valence-corrected chi connectivity index (χ2v) is 4.05. The lowest BCUT2D eigenvalue weighted by atomic mass is 10.0. The third-order valence-corrected chi connectivity index (χ3v) is 2.87. The molecule has 1 unspecified atom stereocenters. The topological polar surface area (TPSA) is 38.4 Å². The van der Waals surface area contributed by atoms with Crippen molar-refractivity contribution >= 4 is 0 Å². The molecule has 93 valence electrons. The Balaban J connectivity index is 2.10. The van der Waals surface area contributed by atoms with Gasteiger partial charge in [-0.3, -0.25) is 0 Å². The van der Waals surface area contributed by atoms with Crippen LogP contribution in [0.5, 0.6) is 5.75 Å². The van der Waals surface area contributed by atoms with Gasteiger partial charge in [-0.25, -0.2) is 0 Å². The van der Waals surface area contributed by atoms with E-state index in [0.717, 1.165) is 16.9 Å². The SMILES string of the molecule is COc1ccc(CC(O[O])c2ccccc2)cc1. The van der Waals surface area contributed by atoms with E-state index in [2.05, 4.69) is 4.89 Å². The van der Waals surface area contributed by atoms with Gasteiger partial charge in [-0.05, 0) is 28.5 Å². The summed E-state index contributed by atoms with van der Waals surface area (Å²) in [6.07, 6.45) is 0.0944. The number of hydrogen-bond acceptors (Lipinski definition) is 2. The van der Waals surface area contributed by atoms with Crippen LogP contribution in [0.1, 0.15) is 17.2 Å². The molecule has 0 aromatic heterocycles. The van der Waals surface area contributed by atoms with Crippen molar-refractivity contribution < 1.29 is 14.9 Å². The first-order valence-electron chi connectivity index (χ1n) is 5.80. The van der Waals surface area contributed by atoms with Crippen LogP contribution in [0.2, 0.25) is 0 Å². The van der Waals surface area contributed by atoms with Crippen LogP contribution in [0.25, 0.3) is 0 Å².